The number of nitrogens with zero attached hydrogens (tertiary/aromatic N) is 1. The summed E-state index contributed by atoms with van der Waals surface area (Å²) in [6, 6.07) is 0.727. The third-order valence-corrected chi connectivity index (χ3v) is 5.11. The predicted molar refractivity (Wildman–Crippen MR) is 89.2 cm³/mol. The Hall–Kier alpha value is -0.610. The van der Waals surface area contributed by atoms with Crippen LogP contribution in [0.2, 0.25) is 0 Å². The lowest BCUT2D eigenvalue weighted by atomic mass is 9.86. The van der Waals surface area contributed by atoms with Crippen molar-refractivity contribution in [1.29, 1.82) is 0 Å². The molecule has 0 saturated heterocycles. The van der Waals surface area contributed by atoms with Crippen LogP contribution in [-0.4, -0.2) is 42.5 Å². The van der Waals surface area contributed by atoms with Crippen molar-refractivity contribution < 1.29 is 4.79 Å². The lowest BCUT2D eigenvalue weighted by molar-refractivity contribution is -0.124. The van der Waals surface area contributed by atoms with Crippen molar-refractivity contribution >= 4 is 5.91 Å². The van der Waals surface area contributed by atoms with E-state index in [4.69, 9.17) is 5.73 Å². The van der Waals surface area contributed by atoms with Crippen molar-refractivity contribution in [1.82, 2.24) is 10.2 Å². The number of nitrogens with one attached hydrogen (secondary N) is 1. The van der Waals surface area contributed by atoms with Gasteiger partial charge in [0.05, 0.1) is 5.54 Å². The summed E-state index contributed by atoms with van der Waals surface area (Å²) in [5.41, 5.74) is 5.01. The van der Waals surface area contributed by atoms with E-state index in [2.05, 4.69) is 31.1 Å². The van der Waals surface area contributed by atoms with E-state index in [0.29, 0.717) is 0 Å². The fraction of sp³-hybridized carbons (Fsp3) is 0.941. The summed E-state index contributed by atoms with van der Waals surface area (Å²) < 4.78 is 0. The number of amides is 1. The SMILES string of the molecule is CCCNC(C)(CCCN(C)C1CCC(C)CC1)C(N)=O. The molecule has 0 spiro atoms. The molecule has 1 atom stereocenters. The second kappa shape index (κ2) is 8.74. The molecule has 124 valence electrons. The molecule has 0 radical (unpaired) electrons. The van der Waals surface area contributed by atoms with Gasteiger partial charge in [0.1, 0.15) is 0 Å². The number of carbonyl (C=O) groups is 1. The number of rotatable bonds is 9. The van der Waals surface area contributed by atoms with Crippen LogP contribution in [0.3, 0.4) is 0 Å². The van der Waals surface area contributed by atoms with Crippen molar-refractivity contribution in [2.24, 2.45) is 11.7 Å². The zero-order valence-electron chi connectivity index (χ0n) is 14.5. The van der Waals surface area contributed by atoms with Gasteiger partial charge in [0.25, 0.3) is 0 Å². The Morgan fingerprint density at radius 2 is 1.95 bits per heavy atom. The number of hydrogen-bond acceptors (Lipinski definition) is 3. The highest BCUT2D eigenvalue weighted by molar-refractivity contribution is 5.84. The zero-order valence-corrected chi connectivity index (χ0v) is 14.5. The van der Waals surface area contributed by atoms with E-state index in [1.807, 2.05) is 6.92 Å². The summed E-state index contributed by atoms with van der Waals surface area (Å²) >= 11 is 0. The predicted octanol–water partition coefficient (Wildman–Crippen LogP) is 2.52. The molecule has 4 nitrogen and oxygen atoms in total. The Bertz CT molecular complexity index is 313. The minimum Gasteiger partial charge on any atom is -0.368 e. The molecule has 0 aliphatic heterocycles. The Morgan fingerprint density at radius 1 is 1.33 bits per heavy atom. The largest absolute Gasteiger partial charge is 0.368 e. The number of nitrogens with two attached hydrogens (primary N) is 1. The highest BCUT2D eigenvalue weighted by atomic mass is 16.1. The molecule has 3 N–H and O–H groups in total. The maximum Gasteiger partial charge on any atom is 0.237 e. The van der Waals surface area contributed by atoms with E-state index in [1.54, 1.807) is 0 Å². The molecule has 1 rings (SSSR count). The molecule has 1 aliphatic rings. The van der Waals surface area contributed by atoms with E-state index >= 15 is 0 Å². The molecule has 0 aromatic carbocycles. The van der Waals surface area contributed by atoms with E-state index in [-0.39, 0.29) is 5.91 Å². The van der Waals surface area contributed by atoms with Gasteiger partial charge in [-0.15, -0.1) is 0 Å². The maximum atomic E-state index is 11.7. The molecule has 0 aromatic heterocycles. The molecular formula is C17H35N3O. The van der Waals surface area contributed by atoms with E-state index in [0.717, 1.165) is 44.3 Å². The smallest absolute Gasteiger partial charge is 0.237 e. The molecule has 0 aromatic rings. The molecule has 1 amide bonds. The second-order valence-corrected chi connectivity index (χ2v) is 7.12. The summed E-state index contributed by atoms with van der Waals surface area (Å²) in [6.07, 6.45) is 8.19. The van der Waals surface area contributed by atoms with Crippen LogP contribution in [-0.2, 0) is 4.79 Å². The topological polar surface area (TPSA) is 58.4 Å². The Morgan fingerprint density at radius 3 is 2.48 bits per heavy atom. The van der Waals surface area contributed by atoms with Crippen LogP contribution in [0, 0.1) is 5.92 Å². The van der Waals surface area contributed by atoms with Crippen LogP contribution >= 0.6 is 0 Å². The van der Waals surface area contributed by atoms with Crippen molar-refractivity contribution in [2.75, 3.05) is 20.1 Å². The van der Waals surface area contributed by atoms with Gasteiger partial charge in [0.2, 0.25) is 5.91 Å². The molecule has 1 fully saturated rings. The average molecular weight is 297 g/mol. The lowest BCUT2D eigenvalue weighted by Crippen LogP contribution is -2.53. The quantitative estimate of drug-likeness (QED) is 0.687. The van der Waals surface area contributed by atoms with E-state index < -0.39 is 5.54 Å². The van der Waals surface area contributed by atoms with Gasteiger partial charge in [-0.05, 0) is 77.9 Å². The molecule has 21 heavy (non-hydrogen) atoms. The molecular weight excluding hydrogens is 262 g/mol. The summed E-state index contributed by atoms with van der Waals surface area (Å²) in [5, 5.41) is 3.31. The Balaban J connectivity index is 2.34. The number of primary amides is 1. The van der Waals surface area contributed by atoms with Gasteiger partial charge in [-0.25, -0.2) is 0 Å². The standard InChI is InChI=1S/C17H35N3O/c1-5-12-19-17(3,16(18)21)11-6-13-20(4)15-9-7-14(2)8-10-15/h14-15,19H,5-13H2,1-4H3,(H2,18,21). The summed E-state index contributed by atoms with van der Waals surface area (Å²) in [7, 11) is 2.22. The first-order chi connectivity index (χ1) is 9.89. The highest BCUT2D eigenvalue weighted by Crippen LogP contribution is 2.26. The minimum atomic E-state index is -0.558. The third kappa shape index (κ3) is 5.95. The van der Waals surface area contributed by atoms with Crippen LogP contribution in [0.1, 0.15) is 65.7 Å². The molecule has 4 heteroatoms. The van der Waals surface area contributed by atoms with Crippen molar-refractivity contribution in [2.45, 2.75) is 77.3 Å². The first-order valence-electron chi connectivity index (χ1n) is 8.64. The van der Waals surface area contributed by atoms with Crippen molar-refractivity contribution in [3.8, 4) is 0 Å². The van der Waals surface area contributed by atoms with Crippen LogP contribution in [0.25, 0.3) is 0 Å². The highest BCUT2D eigenvalue weighted by Gasteiger charge is 2.30. The van der Waals surface area contributed by atoms with Crippen molar-refractivity contribution in [3.63, 3.8) is 0 Å². The average Bonchev–Trinajstić information content (AvgIpc) is 2.45. The number of carbonyl (C=O) groups excluding carboxylic acids is 1. The molecule has 1 unspecified atom stereocenters. The van der Waals surface area contributed by atoms with Gasteiger partial charge < -0.3 is 16.0 Å². The van der Waals surface area contributed by atoms with Crippen LogP contribution in [0.5, 0.6) is 0 Å². The van der Waals surface area contributed by atoms with Crippen LogP contribution in [0.4, 0.5) is 0 Å². The lowest BCUT2D eigenvalue weighted by Gasteiger charge is -2.34. The Labute approximate surface area is 130 Å². The van der Waals surface area contributed by atoms with E-state index in [9.17, 15) is 4.79 Å². The van der Waals surface area contributed by atoms with Gasteiger partial charge in [-0.2, -0.15) is 0 Å². The first-order valence-corrected chi connectivity index (χ1v) is 8.64. The fourth-order valence-electron chi connectivity index (χ4n) is 3.25. The number of hydrogen-bond donors (Lipinski definition) is 2. The third-order valence-electron chi connectivity index (χ3n) is 5.11. The fourth-order valence-corrected chi connectivity index (χ4v) is 3.25. The van der Waals surface area contributed by atoms with Gasteiger partial charge in [0, 0.05) is 6.04 Å². The zero-order chi connectivity index (χ0) is 15.9. The summed E-state index contributed by atoms with van der Waals surface area (Å²) in [4.78, 5) is 14.2. The molecule has 1 saturated carbocycles. The van der Waals surface area contributed by atoms with Gasteiger partial charge >= 0.3 is 0 Å². The molecule has 1 aliphatic carbocycles. The van der Waals surface area contributed by atoms with Crippen molar-refractivity contribution in [3.05, 3.63) is 0 Å². The summed E-state index contributed by atoms with van der Waals surface area (Å²) in [5.74, 6) is 0.663. The maximum absolute atomic E-state index is 11.7. The van der Waals surface area contributed by atoms with Gasteiger partial charge in [-0.1, -0.05) is 13.8 Å². The first kappa shape index (κ1) is 18.4. The summed E-state index contributed by atoms with van der Waals surface area (Å²) in [6.45, 7) is 8.29. The van der Waals surface area contributed by atoms with Crippen LogP contribution < -0.4 is 11.1 Å². The molecule has 0 bridgehead atoms. The van der Waals surface area contributed by atoms with Gasteiger partial charge in [-0.3, -0.25) is 4.79 Å². The Kier molecular flexibility index (Phi) is 7.67. The molecule has 0 heterocycles. The monoisotopic (exact) mass is 297 g/mol. The van der Waals surface area contributed by atoms with E-state index in [1.165, 1.54) is 25.7 Å². The minimum absolute atomic E-state index is 0.231. The normalized spacial score (nSPS) is 25.8. The van der Waals surface area contributed by atoms with Crippen LogP contribution in [0.15, 0.2) is 0 Å². The van der Waals surface area contributed by atoms with Gasteiger partial charge in [0.15, 0.2) is 0 Å². The second-order valence-electron chi connectivity index (χ2n) is 7.12.